The number of benzene rings is 1. The number of rotatable bonds is 6. The van der Waals surface area contributed by atoms with Gasteiger partial charge in [-0.25, -0.2) is 0 Å². The highest BCUT2D eigenvalue weighted by molar-refractivity contribution is 6.30. The Morgan fingerprint density at radius 1 is 1.37 bits per heavy atom. The van der Waals surface area contributed by atoms with Crippen molar-refractivity contribution in [3.63, 3.8) is 0 Å². The van der Waals surface area contributed by atoms with Gasteiger partial charge in [-0.1, -0.05) is 37.6 Å². The summed E-state index contributed by atoms with van der Waals surface area (Å²) in [5, 5.41) is 3.66. The van der Waals surface area contributed by atoms with Crippen LogP contribution in [0, 0.1) is 5.92 Å². The van der Waals surface area contributed by atoms with Gasteiger partial charge in [0, 0.05) is 11.1 Å². The Kier molecular flexibility index (Phi) is 6.32. The molecule has 19 heavy (non-hydrogen) atoms. The minimum absolute atomic E-state index is 0.0455. The normalized spacial score (nSPS) is 14.2. The molecule has 0 aromatic heterocycles. The molecule has 0 bridgehead atoms. The maximum Gasteiger partial charge on any atom is 0.237 e. The van der Waals surface area contributed by atoms with Gasteiger partial charge in [-0.15, -0.1) is 0 Å². The second-order valence-corrected chi connectivity index (χ2v) is 5.92. The van der Waals surface area contributed by atoms with Crippen molar-refractivity contribution < 1.29 is 4.79 Å². The number of nitrogens with two attached hydrogens (primary N) is 1. The molecule has 0 aliphatic heterocycles. The van der Waals surface area contributed by atoms with Crippen molar-refractivity contribution in [1.29, 1.82) is 0 Å². The number of hydrogen-bond acceptors (Lipinski definition) is 2. The van der Waals surface area contributed by atoms with Crippen LogP contribution in [0.25, 0.3) is 0 Å². The highest BCUT2D eigenvalue weighted by Gasteiger charge is 2.17. The summed E-state index contributed by atoms with van der Waals surface area (Å²) in [6.45, 7) is 6.09. The lowest BCUT2D eigenvalue weighted by atomic mass is 10.0. The van der Waals surface area contributed by atoms with Crippen LogP contribution in [-0.4, -0.2) is 18.0 Å². The minimum Gasteiger partial charge on any atom is -0.352 e. The topological polar surface area (TPSA) is 55.1 Å². The second-order valence-electron chi connectivity index (χ2n) is 5.48. The minimum atomic E-state index is -0.429. The zero-order chi connectivity index (χ0) is 14.4. The fourth-order valence-corrected chi connectivity index (χ4v) is 2.25. The van der Waals surface area contributed by atoms with Crippen LogP contribution in [0.4, 0.5) is 0 Å². The van der Waals surface area contributed by atoms with E-state index in [1.54, 1.807) is 0 Å². The lowest BCUT2D eigenvalue weighted by molar-refractivity contribution is -0.123. The van der Waals surface area contributed by atoms with E-state index in [1.165, 1.54) is 0 Å². The number of carbonyl (C=O) groups is 1. The molecule has 0 aliphatic carbocycles. The van der Waals surface area contributed by atoms with E-state index in [0.717, 1.165) is 12.0 Å². The summed E-state index contributed by atoms with van der Waals surface area (Å²) < 4.78 is 0. The van der Waals surface area contributed by atoms with E-state index in [-0.39, 0.29) is 11.9 Å². The van der Waals surface area contributed by atoms with E-state index < -0.39 is 6.04 Å². The van der Waals surface area contributed by atoms with Crippen molar-refractivity contribution in [2.45, 2.75) is 45.7 Å². The van der Waals surface area contributed by atoms with Crippen LogP contribution in [0.3, 0.4) is 0 Å². The molecule has 4 heteroatoms. The standard InChI is InChI=1S/C15H23ClN2O/c1-10(2)7-14(17)15(19)18-11(3)8-12-5-4-6-13(16)9-12/h4-6,9-11,14H,7-8,17H2,1-3H3,(H,18,19). The first-order chi connectivity index (χ1) is 8.88. The van der Waals surface area contributed by atoms with Gasteiger partial charge < -0.3 is 11.1 Å². The van der Waals surface area contributed by atoms with E-state index in [0.29, 0.717) is 17.4 Å². The number of halogens is 1. The Balaban J connectivity index is 2.46. The SMILES string of the molecule is CC(C)CC(N)C(=O)NC(C)Cc1cccc(Cl)c1. The van der Waals surface area contributed by atoms with Gasteiger partial charge in [0.1, 0.15) is 0 Å². The van der Waals surface area contributed by atoms with Crippen LogP contribution in [-0.2, 0) is 11.2 Å². The molecule has 0 radical (unpaired) electrons. The monoisotopic (exact) mass is 282 g/mol. The van der Waals surface area contributed by atoms with Crippen molar-refractivity contribution in [3.8, 4) is 0 Å². The third-order valence-electron chi connectivity index (χ3n) is 2.88. The molecule has 2 atom stereocenters. The Bertz CT molecular complexity index is 420. The smallest absolute Gasteiger partial charge is 0.237 e. The molecular formula is C15H23ClN2O. The van der Waals surface area contributed by atoms with Crippen molar-refractivity contribution in [1.82, 2.24) is 5.32 Å². The van der Waals surface area contributed by atoms with Gasteiger partial charge in [0.15, 0.2) is 0 Å². The number of amides is 1. The lowest BCUT2D eigenvalue weighted by Crippen LogP contribution is -2.45. The first-order valence-electron chi connectivity index (χ1n) is 6.69. The van der Waals surface area contributed by atoms with Gasteiger partial charge in [-0.05, 0) is 43.4 Å². The van der Waals surface area contributed by atoms with Gasteiger partial charge in [0.05, 0.1) is 6.04 Å². The third kappa shape index (κ3) is 6.08. The van der Waals surface area contributed by atoms with Crippen molar-refractivity contribution in [3.05, 3.63) is 34.9 Å². The molecule has 1 aromatic rings. The maximum absolute atomic E-state index is 11.9. The fraction of sp³-hybridized carbons (Fsp3) is 0.533. The summed E-state index contributed by atoms with van der Waals surface area (Å²) in [5.41, 5.74) is 6.96. The van der Waals surface area contributed by atoms with E-state index in [2.05, 4.69) is 19.2 Å². The summed E-state index contributed by atoms with van der Waals surface area (Å²) in [7, 11) is 0. The molecule has 1 amide bonds. The van der Waals surface area contributed by atoms with Crippen molar-refractivity contribution in [2.75, 3.05) is 0 Å². The molecule has 1 aromatic carbocycles. The van der Waals surface area contributed by atoms with Crippen LogP contribution in [0.5, 0.6) is 0 Å². The maximum atomic E-state index is 11.9. The zero-order valence-electron chi connectivity index (χ0n) is 11.8. The van der Waals surface area contributed by atoms with Gasteiger partial charge in [-0.2, -0.15) is 0 Å². The summed E-state index contributed by atoms with van der Waals surface area (Å²) in [6, 6.07) is 7.29. The fourth-order valence-electron chi connectivity index (χ4n) is 2.03. The van der Waals surface area contributed by atoms with Crippen LogP contribution in [0.1, 0.15) is 32.8 Å². The van der Waals surface area contributed by atoms with Crippen molar-refractivity contribution in [2.24, 2.45) is 11.7 Å². The average Bonchev–Trinajstić information content (AvgIpc) is 2.27. The molecule has 2 unspecified atom stereocenters. The summed E-state index contributed by atoms with van der Waals surface area (Å²) in [6.07, 6.45) is 1.45. The molecule has 0 spiro atoms. The van der Waals surface area contributed by atoms with E-state index in [1.807, 2.05) is 31.2 Å². The number of carbonyl (C=O) groups excluding carboxylic acids is 1. The summed E-state index contributed by atoms with van der Waals surface area (Å²) in [5.74, 6) is 0.340. The molecule has 3 N–H and O–H groups in total. The quantitative estimate of drug-likeness (QED) is 0.843. The van der Waals surface area contributed by atoms with Crippen LogP contribution in [0.15, 0.2) is 24.3 Å². The first kappa shape index (κ1) is 16.0. The second kappa shape index (κ2) is 7.51. The van der Waals surface area contributed by atoms with E-state index in [9.17, 15) is 4.79 Å². The molecule has 0 saturated carbocycles. The first-order valence-corrected chi connectivity index (χ1v) is 7.06. The highest BCUT2D eigenvalue weighted by Crippen LogP contribution is 2.12. The molecule has 106 valence electrons. The Hall–Kier alpha value is -1.06. The molecule has 0 saturated heterocycles. The third-order valence-corrected chi connectivity index (χ3v) is 3.12. The lowest BCUT2D eigenvalue weighted by Gasteiger charge is -2.18. The van der Waals surface area contributed by atoms with Gasteiger partial charge >= 0.3 is 0 Å². The van der Waals surface area contributed by atoms with Crippen LogP contribution >= 0.6 is 11.6 Å². The van der Waals surface area contributed by atoms with Gasteiger partial charge in [0.25, 0.3) is 0 Å². The number of hydrogen-bond donors (Lipinski definition) is 2. The Morgan fingerprint density at radius 2 is 2.05 bits per heavy atom. The Morgan fingerprint density at radius 3 is 2.63 bits per heavy atom. The van der Waals surface area contributed by atoms with Crippen LogP contribution in [0.2, 0.25) is 5.02 Å². The van der Waals surface area contributed by atoms with Gasteiger partial charge in [0.2, 0.25) is 5.91 Å². The molecule has 3 nitrogen and oxygen atoms in total. The van der Waals surface area contributed by atoms with E-state index in [4.69, 9.17) is 17.3 Å². The van der Waals surface area contributed by atoms with Gasteiger partial charge in [-0.3, -0.25) is 4.79 Å². The average molecular weight is 283 g/mol. The highest BCUT2D eigenvalue weighted by atomic mass is 35.5. The summed E-state index contributed by atoms with van der Waals surface area (Å²) in [4.78, 5) is 11.9. The molecule has 0 heterocycles. The van der Waals surface area contributed by atoms with Crippen molar-refractivity contribution >= 4 is 17.5 Å². The molecule has 0 aliphatic rings. The zero-order valence-corrected chi connectivity index (χ0v) is 12.6. The molecule has 0 fully saturated rings. The van der Waals surface area contributed by atoms with Crippen LogP contribution < -0.4 is 11.1 Å². The molecule has 1 rings (SSSR count). The molecular weight excluding hydrogens is 260 g/mol. The number of nitrogens with one attached hydrogen (secondary N) is 1. The summed E-state index contributed by atoms with van der Waals surface area (Å²) >= 11 is 5.93. The predicted octanol–water partition coefficient (Wildman–Crippen LogP) is 2.76. The largest absolute Gasteiger partial charge is 0.352 e. The van der Waals surface area contributed by atoms with E-state index >= 15 is 0 Å². The Labute approximate surface area is 120 Å². The predicted molar refractivity (Wildman–Crippen MR) is 80.2 cm³/mol.